The highest BCUT2D eigenvalue weighted by molar-refractivity contribution is 7.80. The molecule has 1 saturated heterocycles. The lowest BCUT2D eigenvalue weighted by atomic mass is 10.0. The number of pyridine rings is 1. The van der Waals surface area contributed by atoms with Gasteiger partial charge in [0.2, 0.25) is 0 Å². The van der Waals surface area contributed by atoms with Gasteiger partial charge in [0.05, 0.1) is 22.1 Å². The summed E-state index contributed by atoms with van der Waals surface area (Å²) in [6, 6.07) is 10.2. The standard InChI is InChI=1S/C15H16ClN3S2/c1-2-9-19-14(11-6-7-12(16)21-11)13(18-15(19)20)10-5-3-4-8-17-10/h3-8,13-14H,2,9H2,1H3,(H,18,20). The Morgan fingerprint density at radius 2 is 2.24 bits per heavy atom. The average Bonchev–Trinajstić information content (AvgIpc) is 3.05. The van der Waals surface area contributed by atoms with Gasteiger partial charge in [0, 0.05) is 17.6 Å². The smallest absolute Gasteiger partial charge is 0.170 e. The third kappa shape index (κ3) is 2.91. The number of aromatic nitrogens is 1. The van der Waals surface area contributed by atoms with Crippen LogP contribution in [0.15, 0.2) is 36.5 Å². The SMILES string of the molecule is CCCN1C(=S)NC(c2ccccn2)C1c1ccc(Cl)s1. The van der Waals surface area contributed by atoms with Crippen LogP contribution in [0.3, 0.4) is 0 Å². The van der Waals surface area contributed by atoms with E-state index in [0.29, 0.717) is 0 Å². The van der Waals surface area contributed by atoms with Gasteiger partial charge < -0.3 is 10.2 Å². The minimum Gasteiger partial charge on any atom is -0.352 e. The van der Waals surface area contributed by atoms with Crippen LogP contribution in [0.2, 0.25) is 4.34 Å². The summed E-state index contributed by atoms with van der Waals surface area (Å²) in [6.45, 7) is 3.09. The molecule has 1 N–H and O–H groups in total. The van der Waals surface area contributed by atoms with E-state index in [2.05, 4.69) is 28.2 Å². The van der Waals surface area contributed by atoms with E-state index in [1.165, 1.54) is 4.88 Å². The second-order valence-electron chi connectivity index (χ2n) is 4.96. The number of nitrogens with zero attached hydrogens (tertiary/aromatic N) is 2. The third-order valence-corrected chi connectivity index (χ3v) is 5.20. The Morgan fingerprint density at radius 1 is 1.38 bits per heavy atom. The number of hydrogen-bond acceptors (Lipinski definition) is 3. The van der Waals surface area contributed by atoms with Gasteiger partial charge in [-0.2, -0.15) is 0 Å². The maximum atomic E-state index is 6.12. The molecule has 0 amide bonds. The number of thiocarbonyl (C=S) groups is 1. The van der Waals surface area contributed by atoms with Crippen LogP contribution in [0.25, 0.3) is 0 Å². The zero-order chi connectivity index (χ0) is 14.8. The molecule has 0 saturated carbocycles. The Kier molecular flexibility index (Phi) is 4.42. The predicted molar refractivity (Wildman–Crippen MR) is 91.8 cm³/mol. The Morgan fingerprint density at radius 3 is 2.86 bits per heavy atom. The van der Waals surface area contributed by atoms with Crippen LogP contribution in [0.4, 0.5) is 0 Å². The molecule has 3 rings (SSSR count). The van der Waals surface area contributed by atoms with Gasteiger partial charge in [-0.1, -0.05) is 24.6 Å². The zero-order valence-electron chi connectivity index (χ0n) is 11.6. The van der Waals surface area contributed by atoms with Gasteiger partial charge in [-0.3, -0.25) is 4.98 Å². The zero-order valence-corrected chi connectivity index (χ0v) is 14.0. The molecule has 1 fully saturated rings. The fourth-order valence-electron chi connectivity index (χ4n) is 2.68. The fraction of sp³-hybridized carbons (Fsp3) is 0.333. The highest BCUT2D eigenvalue weighted by Crippen LogP contribution is 2.42. The molecule has 1 aliphatic heterocycles. The molecular formula is C15H16ClN3S2. The third-order valence-electron chi connectivity index (χ3n) is 3.55. The average molecular weight is 338 g/mol. The van der Waals surface area contributed by atoms with E-state index in [1.54, 1.807) is 11.3 Å². The Labute approximate surface area is 139 Å². The van der Waals surface area contributed by atoms with E-state index in [1.807, 2.05) is 30.5 Å². The van der Waals surface area contributed by atoms with E-state index in [0.717, 1.165) is 28.1 Å². The summed E-state index contributed by atoms with van der Waals surface area (Å²) in [4.78, 5) is 7.96. The van der Waals surface area contributed by atoms with Crippen LogP contribution in [0.1, 0.15) is 36.0 Å². The van der Waals surface area contributed by atoms with E-state index >= 15 is 0 Å². The first-order chi connectivity index (χ1) is 10.2. The topological polar surface area (TPSA) is 28.2 Å². The molecule has 3 heterocycles. The molecule has 2 aromatic heterocycles. The van der Waals surface area contributed by atoms with E-state index in [9.17, 15) is 0 Å². The van der Waals surface area contributed by atoms with Gasteiger partial charge in [-0.25, -0.2) is 0 Å². The van der Waals surface area contributed by atoms with Crippen LogP contribution in [0.5, 0.6) is 0 Å². The number of rotatable bonds is 4. The Balaban J connectivity index is 2.00. The molecule has 0 aliphatic carbocycles. The first-order valence-electron chi connectivity index (χ1n) is 6.94. The maximum Gasteiger partial charge on any atom is 0.170 e. The van der Waals surface area contributed by atoms with Crippen molar-refractivity contribution in [1.82, 2.24) is 15.2 Å². The molecule has 3 nitrogen and oxygen atoms in total. The van der Waals surface area contributed by atoms with Gasteiger partial charge in [0.1, 0.15) is 0 Å². The molecule has 6 heteroatoms. The normalized spacial score (nSPS) is 21.6. The maximum absolute atomic E-state index is 6.12. The van der Waals surface area contributed by atoms with Crippen LogP contribution in [0, 0.1) is 0 Å². The van der Waals surface area contributed by atoms with Crippen molar-refractivity contribution in [2.75, 3.05) is 6.54 Å². The van der Waals surface area contributed by atoms with E-state index in [-0.39, 0.29) is 12.1 Å². The molecule has 110 valence electrons. The highest BCUT2D eigenvalue weighted by atomic mass is 35.5. The van der Waals surface area contributed by atoms with Crippen molar-refractivity contribution in [1.29, 1.82) is 0 Å². The minimum absolute atomic E-state index is 0.0694. The lowest BCUT2D eigenvalue weighted by Gasteiger charge is -2.26. The fourth-order valence-corrected chi connectivity index (χ4v) is 4.23. The van der Waals surface area contributed by atoms with Gasteiger partial charge in [-0.15, -0.1) is 11.3 Å². The molecule has 2 aromatic rings. The van der Waals surface area contributed by atoms with Crippen LogP contribution < -0.4 is 5.32 Å². The van der Waals surface area contributed by atoms with Crippen LogP contribution in [-0.4, -0.2) is 21.5 Å². The molecule has 0 aromatic carbocycles. The van der Waals surface area contributed by atoms with Crippen molar-refractivity contribution < 1.29 is 0 Å². The van der Waals surface area contributed by atoms with Crippen molar-refractivity contribution in [3.05, 3.63) is 51.4 Å². The second-order valence-corrected chi connectivity index (χ2v) is 7.10. The molecule has 2 atom stereocenters. The quantitative estimate of drug-likeness (QED) is 0.847. The number of thiophene rings is 1. The molecular weight excluding hydrogens is 322 g/mol. The first-order valence-corrected chi connectivity index (χ1v) is 8.54. The molecule has 2 unspecified atom stereocenters. The summed E-state index contributed by atoms with van der Waals surface area (Å²) < 4.78 is 0.805. The summed E-state index contributed by atoms with van der Waals surface area (Å²) in [5.74, 6) is 0. The van der Waals surface area contributed by atoms with Gasteiger partial charge in [-0.05, 0) is 42.9 Å². The summed E-state index contributed by atoms with van der Waals surface area (Å²) in [5, 5.41) is 4.21. The van der Waals surface area contributed by atoms with E-state index in [4.69, 9.17) is 23.8 Å². The first kappa shape index (κ1) is 14.8. The summed E-state index contributed by atoms with van der Waals surface area (Å²) in [5.41, 5.74) is 1.01. The highest BCUT2D eigenvalue weighted by Gasteiger charge is 2.39. The summed E-state index contributed by atoms with van der Waals surface area (Å²) in [7, 11) is 0. The lowest BCUT2D eigenvalue weighted by molar-refractivity contribution is 0.322. The van der Waals surface area contributed by atoms with Crippen LogP contribution in [-0.2, 0) is 0 Å². The lowest BCUT2D eigenvalue weighted by Crippen LogP contribution is -2.29. The predicted octanol–water partition coefficient (Wildman–Crippen LogP) is 4.18. The molecule has 0 radical (unpaired) electrons. The van der Waals surface area contributed by atoms with E-state index < -0.39 is 0 Å². The van der Waals surface area contributed by atoms with Gasteiger partial charge in [0.25, 0.3) is 0 Å². The van der Waals surface area contributed by atoms with Crippen molar-refractivity contribution in [2.45, 2.75) is 25.4 Å². The van der Waals surface area contributed by atoms with Crippen molar-refractivity contribution in [2.24, 2.45) is 0 Å². The Hall–Kier alpha value is -1.17. The van der Waals surface area contributed by atoms with Crippen LogP contribution >= 0.6 is 35.2 Å². The minimum atomic E-state index is 0.0694. The molecule has 0 bridgehead atoms. The number of hydrogen-bond donors (Lipinski definition) is 1. The van der Waals surface area contributed by atoms with Gasteiger partial charge in [0.15, 0.2) is 5.11 Å². The monoisotopic (exact) mass is 337 g/mol. The Bertz CT molecular complexity index is 629. The second kappa shape index (κ2) is 6.30. The molecule has 1 aliphatic rings. The molecule has 0 spiro atoms. The van der Waals surface area contributed by atoms with Crippen molar-refractivity contribution in [3.8, 4) is 0 Å². The number of halogens is 1. The summed E-state index contributed by atoms with van der Waals surface area (Å²) >= 11 is 13.3. The molecule has 21 heavy (non-hydrogen) atoms. The van der Waals surface area contributed by atoms with Gasteiger partial charge >= 0.3 is 0 Å². The largest absolute Gasteiger partial charge is 0.352 e. The van der Waals surface area contributed by atoms with Crippen molar-refractivity contribution >= 4 is 40.3 Å². The van der Waals surface area contributed by atoms with Crippen molar-refractivity contribution in [3.63, 3.8) is 0 Å². The number of nitrogens with one attached hydrogen (secondary N) is 1. The summed E-state index contributed by atoms with van der Waals surface area (Å²) in [6.07, 6.45) is 2.87.